The molecule has 4 amide bonds. The second-order valence-electron chi connectivity index (χ2n) is 27.1. The molecule has 0 aliphatic heterocycles. The highest BCUT2D eigenvalue weighted by Gasteiger charge is 2.29. The number of amides is 4. The molecule has 0 radical (unpaired) electrons. The van der Waals surface area contributed by atoms with Gasteiger partial charge in [0.1, 0.15) is 28.3 Å². The van der Waals surface area contributed by atoms with Gasteiger partial charge >= 0.3 is 36.3 Å². The molecule has 2 atom stereocenters. The molecule has 0 saturated heterocycles. The Labute approximate surface area is 559 Å². The fraction of sp³-hybridized carbons (Fsp3) is 0.324. The largest absolute Gasteiger partial charge is 0.463 e. The van der Waals surface area contributed by atoms with Crippen molar-refractivity contribution in [3.63, 3.8) is 0 Å². The molecule has 0 fully saturated rings. The summed E-state index contributed by atoms with van der Waals surface area (Å²) < 4.78 is 29.3. The number of hydrogen-bond donors (Lipinski definition) is 5. The topological polar surface area (TPSA) is 287 Å². The van der Waals surface area contributed by atoms with E-state index in [2.05, 4.69) is 31.5 Å². The molecule has 8 rings (SSSR count). The number of anilines is 2. The summed E-state index contributed by atoms with van der Waals surface area (Å²) in [5, 5.41) is 29.0. The van der Waals surface area contributed by atoms with Crippen LogP contribution in [0, 0.1) is 27.7 Å². The van der Waals surface area contributed by atoms with Crippen LogP contribution in [0.1, 0.15) is 155 Å². The van der Waals surface area contributed by atoms with Crippen LogP contribution in [-0.4, -0.2) is 103 Å². The third kappa shape index (κ3) is 21.1. The van der Waals surface area contributed by atoms with Crippen LogP contribution in [-0.2, 0) is 29.2 Å². The lowest BCUT2D eigenvalue weighted by atomic mass is 9.87. The molecule has 8 aromatic rings. The van der Waals surface area contributed by atoms with Crippen LogP contribution in [0.25, 0.3) is 22.3 Å². The van der Waals surface area contributed by atoms with Crippen molar-refractivity contribution in [2.24, 2.45) is 0 Å². The summed E-state index contributed by atoms with van der Waals surface area (Å²) in [6.45, 7) is 29.2. The lowest BCUT2D eigenvalue weighted by Crippen LogP contribution is -2.37. The van der Waals surface area contributed by atoms with Gasteiger partial charge in [0.25, 0.3) is 0 Å². The molecule has 96 heavy (non-hydrogen) atoms. The zero-order valence-corrected chi connectivity index (χ0v) is 57.0. The van der Waals surface area contributed by atoms with Crippen LogP contribution in [0.15, 0.2) is 152 Å². The standard InChI is InChI=1S/2C37H42N4O7/c1-23-9-18-30(24(2)19-23)33(43)46-29-16-12-26(13-17-29)31(21-38-34(44)47-36(3,4)5)32(42)40-28-14-10-25(11-15-28)27-20-39-41(22-27)35(45)48-37(6,7)8;1-22-9-18-28(23(2)19-22)33(43)47-27-16-12-24(13-17-27)29(20-38-34(44)48-37(6,7)8)32(42)39-26-14-10-25(11-15-26)30-21-41(35(45)46)40-31(30)36(3,4)5/h9-20,22,31H,21H2,1-8H3,(H,38,44)(H,40,42);9-19,21,29H,20H2,1-8H3,(H,38,44)(H,39,42)(H,45,46). The molecule has 0 aliphatic rings. The molecule has 0 saturated carbocycles. The van der Waals surface area contributed by atoms with Crippen LogP contribution < -0.4 is 30.7 Å². The monoisotopic (exact) mass is 1310 g/mol. The first-order chi connectivity index (χ1) is 44.9. The first-order valence-electron chi connectivity index (χ1n) is 31.0. The molecule has 0 spiro atoms. The van der Waals surface area contributed by atoms with Crippen LogP contribution in [0.3, 0.4) is 0 Å². The summed E-state index contributed by atoms with van der Waals surface area (Å²) in [6, 6.07) is 38.1. The number of alkyl carbamates (subject to hydrolysis) is 2. The molecule has 22 heteroatoms. The second-order valence-corrected chi connectivity index (χ2v) is 27.1. The zero-order chi connectivity index (χ0) is 70.6. The summed E-state index contributed by atoms with van der Waals surface area (Å²) in [6.07, 6.45) is 1.50. The zero-order valence-electron chi connectivity index (χ0n) is 57.0. The van der Waals surface area contributed by atoms with Gasteiger partial charge in [-0.05, 0) is 184 Å². The molecule has 2 unspecified atom stereocenters. The molecule has 5 N–H and O–H groups in total. The number of benzene rings is 6. The van der Waals surface area contributed by atoms with Gasteiger partial charge in [0.15, 0.2) is 0 Å². The minimum Gasteiger partial charge on any atom is -0.463 e. The van der Waals surface area contributed by atoms with Gasteiger partial charge < -0.3 is 50.1 Å². The molecule has 2 aromatic heterocycles. The van der Waals surface area contributed by atoms with Gasteiger partial charge in [-0.2, -0.15) is 19.6 Å². The number of nitrogens with one attached hydrogen (secondary N) is 4. The summed E-state index contributed by atoms with van der Waals surface area (Å²) in [5.41, 5.74) is 7.78. The van der Waals surface area contributed by atoms with E-state index in [0.29, 0.717) is 61.9 Å². The SMILES string of the molecule is Cc1ccc(C(=O)Oc2ccc(C(CNC(=O)OC(C)(C)C)C(=O)Nc3ccc(-c4cn(C(=O)O)nc4C(C)(C)C)cc3)cc2)c(C)c1.Cc1ccc(C(=O)Oc2ccc(C(CNC(=O)OC(C)(C)C)C(=O)Nc3ccc(-c4cnn(C(=O)OC(C)(C)C)c4)cc3)cc2)c(C)c1. The number of carbonyl (C=O) groups is 8. The van der Waals surface area contributed by atoms with Crippen molar-refractivity contribution in [1.82, 2.24) is 30.2 Å². The molecule has 0 aliphatic carbocycles. The van der Waals surface area contributed by atoms with Gasteiger partial charge in [-0.3, -0.25) is 9.59 Å². The van der Waals surface area contributed by atoms with Gasteiger partial charge in [0.05, 0.1) is 34.9 Å². The quantitative estimate of drug-likeness (QED) is 0.0341. The Morgan fingerprint density at radius 1 is 0.479 bits per heavy atom. The second kappa shape index (κ2) is 30.5. The van der Waals surface area contributed by atoms with Crippen molar-refractivity contribution in [1.29, 1.82) is 0 Å². The average Bonchev–Trinajstić information content (AvgIpc) is 1.68. The summed E-state index contributed by atoms with van der Waals surface area (Å²) in [7, 11) is 0. The Balaban J connectivity index is 0.000000271. The van der Waals surface area contributed by atoms with Crippen molar-refractivity contribution < 1.29 is 67.1 Å². The highest BCUT2D eigenvalue weighted by molar-refractivity contribution is 5.98. The fourth-order valence-electron chi connectivity index (χ4n) is 9.72. The van der Waals surface area contributed by atoms with E-state index >= 15 is 0 Å². The predicted octanol–water partition coefficient (Wildman–Crippen LogP) is 14.9. The Morgan fingerprint density at radius 3 is 1.26 bits per heavy atom. The maximum absolute atomic E-state index is 13.7. The minimum atomic E-state index is -1.19. The number of hydrogen-bond acceptors (Lipinski definition) is 15. The Kier molecular flexibility index (Phi) is 23.0. The van der Waals surface area contributed by atoms with E-state index in [9.17, 15) is 43.5 Å². The van der Waals surface area contributed by atoms with Crippen LogP contribution in [0.4, 0.5) is 30.6 Å². The van der Waals surface area contributed by atoms with Gasteiger partial charge in [-0.25, -0.2) is 28.8 Å². The highest BCUT2D eigenvalue weighted by Crippen LogP contribution is 2.34. The normalized spacial score (nSPS) is 12.1. The lowest BCUT2D eigenvalue weighted by molar-refractivity contribution is -0.118. The maximum Gasteiger partial charge on any atom is 0.435 e. The molecule has 6 aromatic carbocycles. The number of ether oxygens (including phenoxy) is 5. The highest BCUT2D eigenvalue weighted by atomic mass is 16.6. The van der Waals surface area contributed by atoms with Crippen molar-refractivity contribution in [2.75, 3.05) is 23.7 Å². The van der Waals surface area contributed by atoms with Crippen LogP contribution >= 0.6 is 0 Å². The Morgan fingerprint density at radius 2 is 0.885 bits per heavy atom. The molecule has 22 nitrogen and oxygen atoms in total. The number of aromatic nitrogens is 4. The predicted molar refractivity (Wildman–Crippen MR) is 365 cm³/mol. The molecule has 2 heterocycles. The van der Waals surface area contributed by atoms with E-state index < -0.39 is 76.3 Å². The van der Waals surface area contributed by atoms with E-state index in [-0.39, 0.29) is 19.0 Å². The average molecular weight is 1310 g/mol. The summed E-state index contributed by atoms with van der Waals surface area (Å²) >= 11 is 0. The van der Waals surface area contributed by atoms with E-state index in [1.165, 1.54) is 6.20 Å². The lowest BCUT2D eigenvalue weighted by Gasteiger charge is -2.22. The molecule has 504 valence electrons. The smallest absolute Gasteiger partial charge is 0.435 e. The van der Waals surface area contributed by atoms with E-state index in [1.54, 1.807) is 184 Å². The van der Waals surface area contributed by atoms with E-state index in [0.717, 1.165) is 42.7 Å². The summed E-state index contributed by atoms with van der Waals surface area (Å²) in [4.78, 5) is 102. The number of esters is 2. The third-order valence-electron chi connectivity index (χ3n) is 14.3. The Hall–Kier alpha value is -10.9. The third-order valence-corrected chi connectivity index (χ3v) is 14.3. The van der Waals surface area contributed by atoms with Crippen LogP contribution in [0.2, 0.25) is 0 Å². The first kappa shape index (κ1) is 72.5. The number of nitrogens with zero attached hydrogens (tertiary/aromatic N) is 4. The first-order valence-corrected chi connectivity index (χ1v) is 31.0. The number of carboxylic acid groups (broad SMARTS) is 1. The maximum atomic E-state index is 13.7. The van der Waals surface area contributed by atoms with Crippen molar-refractivity contribution in [2.45, 2.75) is 145 Å². The molecular weight excluding hydrogens is 1220 g/mol. The van der Waals surface area contributed by atoms with E-state index in [4.69, 9.17) is 23.7 Å². The molecule has 0 bridgehead atoms. The number of rotatable bonds is 16. The number of carbonyl (C=O) groups excluding carboxylic acids is 7. The van der Waals surface area contributed by atoms with Crippen LogP contribution in [0.5, 0.6) is 11.5 Å². The van der Waals surface area contributed by atoms with Gasteiger partial charge in [-0.1, -0.05) is 105 Å². The van der Waals surface area contributed by atoms with Crippen molar-refractivity contribution in [3.8, 4) is 33.8 Å². The van der Waals surface area contributed by atoms with Gasteiger partial charge in [-0.15, -0.1) is 0 Å². The van der Waals surface area contributed by atoms with Crippen molar-refractivity contribution in [3.05, 3.63) is 202 Å². The van der Waals surface area contributed by atoms with Gasteiger partial charge in [0, 0.05) is 53.4 Å². The molecular formula is C74H84N8O14. The minimum absolute atomic E-state index is 0.0512. The fourth-order valence-corrected chi connectivity index (χ4v) is 9.72. The summed E-state index contributed by atoms with van der Waals surface area (Å²) in [5.74, 6) is -2.77. The Bertz CT molecular complexity index is 4130. The van der Waals surface area contributed by atoms with Gasteiger partial charge in [0.2, 0.25) is 11.8 Å². The van der Waals surface area contributed by atoms with E-state index in [1.807, 2.05) is 72.7 Å². The number of aryl methyl sites for hydroxylation is 4. The van der Waals surface area contributed by atoms with Crippen molar-refractivity contribution >= 4 is 59.5 Å².